The van der Waals surface area contributed by atoms with Crippen LogP contribution >= 0.6 is 17.0 Å². The number of hydrogen-bond acceptors (Lipinski definition) is 0. The van der Waals surface area contributed by atoms with E-state index < -0.39 is 19.4 Å². The topological polar surface area (TPSA) is 0 Å². The van der Waals surface area contributed by atoms with Crippen LogP contribution in [0.2, 0.25) is 0 Å². The van der Waals surface area contributed by atoms with E-state index in [0.717, 1.165) is 0 Å². The van der Waals surface area contributed by atoms with Crippen LogP contribution in [0.15, 0.2) is 35.9 Å². The molecule has 1 unspecified atom stereocenters. The van der Waals surface area contributed by atoms with Crippen molar-refractivity contribution in [1.29, 1.82) is 0 Å². The van der Waals surface area contributed by atoms with Crippen LogP contribution in [0.1, 0.15) is 45.3 Å². The Hall–Kier alpha value is -0.357. The van der Waals surface area contributed by atoms with Crippen LogP contribution < -0.4 is 0 Å². The Bertz CT molecular complexity index is 799. The molecular formula is C21H23Cl2Zr. The molecule has 2 aromatic rings. The summed E-state index contributed by atoms with van der Waals surface area (Å²) in [4.78, 5) is 0. The molecule has 0 saturated heterocycles. The van der Waals surface area contributed by atoms with Crippen molar-refractivity contribution in [2.24, 2.45) is 5.92 Å². The third-order valence-electron chi connectivity index (χ3n) is 4.84. The first kappa shape index (κ1) is 18.4. The molecule has 1 aliphatic carbocycles. The SMILES string of the molecule is Cc1cc(C)cc(-c2c(C)ccc3c2C=C(C(C)C)[CH]3[Zr]([Cl])[Cl])c1. The molecule has 1 atom stereocenters. The fourth-order valence-corrected chi connectivity index (χ4v) is 9.55. The Morgan fingerprint density at radius 3 is 2.12 bits per heavy atom. The first-order chi connectivity index (χ1) is 11.3. The van der Waals surface area contributed by atoms with Gasteiger partial charge in [-0.1, -0.05) is 0 Å². The molecular weight excluding hydrogens is 414 g/mol. The molecule has 125 valence electrons. The quantitative estimate of drug-likeness (QED) is 0.473. The molecule has 0 radical (unpaired) electrons. The zero-order valence-electron chi connectivity index (χ0n) is 14.9. The van der Waals surface area contributed by atoms with Gasteiger partial charge in [-0.05, 0) is 0 Å². The molecule has 0 N–H and O–H groups in total. The van der Waals surface area contributed by atoms with Crippen LogP contribution in [0.4, 0.5) is 0 Å². The monoisotopic (exact) mass is 435 g/mol. The van der Waals surface area contributed by atoms with Crippen molar-refractivity contribution < 1.29 is 19.4 Å². The summed E-state index contributed by atoms with van der Waals surface area (Å²) in [6.07, 6.45) is 2.37. The van der Waals surface area contributed by atoms with Crippen LogP contribution in [-0.2, 0) is 19.4 Å². The summed E-state index contributed by atoms with van der Waals surface area (Å²) >= 11 is -2.44. The average molecular weight is 438 g/mol. The number of hydrogen-bond donors (Lipinski definition) is 0. The van der Waals surface area contributed by atoms with E-state index in [9.17, 15) is 0 Å². The Labute approximate surface area is 160 Å². The fraction of sp³-hybridized carbons (Fsp3) is 0.333. The van der Waals surface area contributed by atoms with Crippen LogP contribution in [0.5, 0.6) is 0 Å². The maximum atomic E-state index is 6.56. The van der Waals surface area contributed by atoms with Gasteiger partial charge in [0, 0.05) is 0 Å². The summed E-state index contributed by atoms with van der Waals surface area (Å²) in [6.45, 7) is 11.0. The van der Waals surface area contributed by atoms with Crippen LogP contribution in [-0.4, -0.2) is 0 Å². The van der Waals surface area contributed by atoms with Crippen molar-refractivity contribution in [1.82, 2.24) is 0 Å². The van der Waals surface area contributed by atoms with Crippen molar-refractivity contribution >= 4 is 23.1 Å². The van der Waals surface area contributed by atoms with Gasteiger partial charge in [0.15, 0.2) is 0 Å². The van der Waals surface area contributed by atoms with E-state index in [4.69, 9.17) is 17.0 Å². The Balaban J connectivity index is 2.28. The van der Waals surface area contributed by atoms with Crippen molar-refractivity contribution in [3.8, 4) is 11.1 Å². The molecule has 2 aromatic carbocycles. The van der Waals surface area contributed by atoms with Gasteiger partial charge < -0.3 is 0 Å². The average Bonchev–Trinajstić information content (AvgIpc) is 2.85. The minimum absolute atomic E-state index is 0.288. The van der Waals surface area contributed by atoms with Crippen LogP contribution in [0, 0.1) is 26.7 Å². The predicted octanol–water partition coefficient (Wildman–Crippen LogP) is 7.30. The van der Waals surface area contributed by atoms with E-state index in [0.29, 0.717) is 5.92 Å². The Kier molecular flexibility index (Phi) is 5.46. The van der Waals surface area contributed by atoms with E-state index in [1.165, 1.54) is 44.5 Å². The third kappa shape index (κ3) is 3.33. The second kappa shape index (κ2) is 7.10. The minimum atomic E-state index is -2.44. The summed E-state index contributed by atoms with van der Waals surface area (Å²) in [5.41, 5.74) is 10.7. The van der Waals surface area contributed by atoms with Gasteiger partial charge in [-0.2, -0.15) is 0 Å². The number of halogens is 2. The molecule has 0 nitrogen and oxygen atoms in total. The van der Waals surface area contributed by atoms with E-state index in [-0.39, 0.29) is 3.63 Å². The van der Waals surface area contributed by atoms with Gasteiger partial charge in [-0.25, -0.2) is 0 Å². The van der Waals surface area contributed by atoms with Gasteiger partial charge in [0.25, 0.3) is 0 Å². The first-order valence-corrected chi connectivity index (χ1v) is 16.2. The molecule has 1 aliphatic rings. The third-order valence-corrected chi connectivity index (χ3v) is 10.1. The molecule has 0 aromatic heterocycles. The number of allylic oxidation sites excluding steroid dienone is 1. The van der Waals surface area contributed by atoms with Crippen molar-refractivity contribution in [3.05, 3.63) is 63.7 Å². The van der Waals surface area contributed by atoms with Crippen LogP contribution in [0.25, 0.3) is 17.2 Å². The summed E-state index contributed by atoms with van der Waals surface area (Å²) in [5, 5.41) is 0. The zero-order chi connectivity index (χ0) is 17.6. The van der Waals surface area contributed by atoms with Gasteiger partial charge in [-0.3, -0.25) is 0 Å². The van der Waals surface area contributed by atoms with Crippen molar-refractivity contribution in [2.45, 2.75) is 38.2 Å². The molecule has 0 heterocycles. The molecule has 0 saturated carbocycles. The molecule has 24 heavy (non-hydrogen) atoms. The second-order valence-corrected chi connectivity index (χ2v) is 16.0. The molecule has 0 spiro atoms. The first-order valence-electron chi connectivity index (χ1n) is 8.41. The molecule has 3 heteroatoms. The van der Waals surface area contributed by atoms with E-state index >= 15 is 0 Å². The standard InChI is InChI=1S/C21H23.2ClH.Zr/c1-13(2)18-11-17-7-6-16(5)21(20(17)12-18)19-9-14(3)8-15(4)10-19;;;/h6-13H,1-5H3;2*1H;/q;;;+2/p-2. The fourth-order valence-electron chi connectivity index (χ4n) is 3.83. The number of benzene rings is 2. The molecule has 3 rings (SSSR count). The van der Waals surface area contributed by atoms with E-state index in [2.05, 4.69) is 71.0 Å². The maximum absolute atomic E-state index is 6.56. The summed E-state index contributed by atoms with van der Waals surface area (Å²) in [7, 11) is 13.1. The Morgan fingerprint density at radius 2 is 1.58 bits per heavy atom. The van der Waals surface area contributed by atoms with E-state index in [1.54, 1.807) is 0 Å². The molecule has 0 bridgehead atoms. The van der Waals surface area contributed by atoms with E-state index in [1.807, 2.05) is 0 Å². The second-order valence-electron chi connectivity index (χ2n) is 7.16. The summed E-state index contributed by atoms with van der Waals surface area (Å²) in [6, 6.07) is 11.3. The molecule has 0 amide bonds. The normalized spacial score (nSPS) is 16.3. The molecule has 0 fully saturated rings. The number of fused-ring (bicyclic) bond motifs is 1. The van der Waals surface area contributed by atoms with Gasteiger partial charge in [0.2, 0.25) is 0 Å². The van der Waals surface area contributed by atoms with Crippen molar-refractivity contribution in [2.75, 3.05) is 0 Å². The van der Waals surface area contributed by atoms with Gasteiger partial charge in [-0.15, -0.1) is 0 Å². The Morgan fingerprint density at radius 1 is 0.958 bits per heavy atom. The zero-order valence-corrected chi connectivity index (χ0v) is 18.8. The van der Waals surface area contributed by atoms with Gasteiger partial charge >= 0.3 is 161 Å². The van der Waals surface area contributed by atoms with Crippen molar-refractivity contribution in [3.63, 3.8) is 0 Å². The van der Waals surface area contributed by atoms with Crippen LogP contribution in [0.3, 0.4) is 0 Å². The van der Waals surface area contributed by atoms with Gasteiger partial charge in [0.05, 0.1) is 0 Å². The number of rotatable bonds is 3. The molecule has 0 aliphatic heterocycles. The predicted molar refractivity (Wildman–Crippen MR) is 103 cm³/mol. The number of aryl methyl sites for hydroxylation is 3. The summed E-state index contributed by atoms with van der Waals surface area (Å²) in [5.74, 6) is 0.475. The van der Waals surface area contributed by atoms with Gasteiger partial charge in [0.1, 0.15) is 0 Å². The summed E-state index contributed by atoms with van der Waals surface area (Å²) < 4.78 is 0.288.